The van der Waals surface area contributed by atoms with E-state index < -0.39 is 11.7 Å². The summed E-state index contributed by atoms with van der Waals surface area (Å²) in [5.74, 6) is 0.235. The van der Waals surface area contributed by atoms with E-state index >= 15 is 0 Å². The second kappa shape index (κ2) is 9.00. The van der Waals surface area contributed by atoms with Gasteiger partial charge >= 0.3 is 6.18 Å². The molecule has 1 aromatic heterocycles. The number of anilines is 2. The lowest BCUT2D eigenvalue weighted by molar-refractivity contribution is -0.137. The van der Waals surface area contributed by atoms with Gasteiger partial charge in [0, 0.05) is 38.1 Å². The van der Waals surface area contributed by atoms with E-state index in [2.05, 4.69) is 10.3 Å². The SMILES string of the molecule is Cc1ccc(NC(=O)CN2CCCN(c3ncc(C(F)(F)F)cc3Cl)CC2)cc1. The average Bonchev–Trinajstić information content (AvgIpc) is 2.88. The summed E-state index contributed by atoms with van der Waals surface area (Å²) in [5.41, 5.74) is 0.999. The molecule has 0 saturated carbocycles. The van der Waals surface area contributed by atoms with Crippen molar-refractivity contribution in [1.29, 1.82) is 0 Å². The molecule has 1 fully saturated rings. The number of alkyl halides is 3. The number of nitrogens with zero attached hydrogens (tertiary/aromatic N) is 3. The van der Waals surface area contributed by atoms with Gasteiger partial charge in [-0.05, 0) is 31.5 Å². The van der Waals surface area contributed by atoms with Gasteiger partial charge in [0.1, 0.15) is 5.82 Å². The minimum Gasteiger partial charge on any atom is -0.354 e. The largest absolute Gasteiger partial charge is 0.417 e. The molecule has 0 spiro atoms. The lowest BCUT2D eigenvalue weighted by Crippen LogP contribution is -2.36. The molecular weight excluding hydrogens is 405 g/mol. The molecule has 1 amide bonds. The first kappa shape index (κ1) is 21.4. The maximum atomic E-state index is 12.8. The van der Waals surface area contributed by atoms with Crippen LogP contribution in [0.5, 0.6) is 0 Å². The number of pyridine rings is 1. The molecule has 156 valence electrons. The first-order chi connectivity index (χ1) is 13.7. The van der Waals surface area contributed by atoms with E-state index in [4.69, 9.17) is 11.6 Å². The van der Waals surface area contributed by atoms with Crippen LogP contribution < -0.4 is 10.2 Å². The Morgan fingerprint density at radius 2 is 1.90 bits per heavy atom. The van der Waals surface area contributed by atoms with Gasteiger partial charge in [-0.1, -0.05) is 29.3 Å². The van der Waals surface area contributed by atoms with E-state index in [1.807, 2.05) is 41.0 Å². The number of carbonyl (C=O) groups is 1. The van der Waals surface area contributed by atoms with E-state index in [-0.39, 0.29) is 17.5 Å². The van der Waals surface area contributed by atoms with Crippen LogP contribution in [0.15, 0.2) is 36.5 Å². The van der Waals surface area contributed by atoms with Gasteiger partial charge in [0.05, 0.1) is 17.1 Å². The summed E-state index contributed by atoms with van der Waals surface area (Å²) < 4.78 is 38.4. The Morgan fingerprint density at radius 1 is 1.17 bits per heavy atom. The number of hydrogen-bond donors (Lipinski definition) is 1. The Morgan fingerprint density at radius 3 is 2.55 bits per heavy atom. The number of aromatic nitrogens is 1. The smallest absolute Gasteiger partial charge is 0.354 e. The summed E-state index contributed by atoms with van der Waals surface area (Å²) >= 11 is 6.06. The fourth-order valence-electron chi connectivity index (χ4n) is 3.20. The molecule has 1 aromatic carbocycles. The summed E-state index contributed by atoms with van der Waals surface area (Å²) in [6, 6.07) is 8.48. The second-order valence-electron chi connectivity index (χ2n) is 7.06. The summed E-state index contributed by atoms with van der Waals surface area (Å²) in [6.07, 6.45) is -2.93. The summed E-state index contributed by atoms with van der Waals surface area (Å²) in [4.78, 5) is 20.1. The number of aryl methyl sites for hydroxylation is 1. The van der Waals surface area contributed by atoms with Crippen molar-refractivity contribution >= 4 is 29.0 Å². The zero-order chi connectivity index (χ0) is 21.0. The fraction of sp³-hybridized carbons (Fsp3) is 0.400. The molecule has 5 nitrogen and oxygen atoms in total. The van der Waals surface area contributed by atoms with Crippen molar-refractivity contribution in [1.82, 2.24) is 9.88 Å². The molecule has 3 rings (SSSR count). The highest BCUT2D eigenvalue weighted by Crippen LogP contribution is 2.33. The number of benzene rings is 1. The van der Waals surface area contributed by atoms with Crippen molar-refractivity contribution < 1.29 is 18.0 Å². The maximum absolute atomic E-state index is 12.8. The van der Waals surface area contributed by atoms with Crippen molar-refractivity contribution in [3.8, 4) is 0 Å². The lowest BCUT2D eigenvalue weighted by atomic mass is 10.2. The molecular formula is C20H22ClF3N4O. The zero-order valence-corrected chi connectivity index (χ0v) is 16.7. The van der Waals surface area contributed by atoms with E-state index in [9.17, 15) is 18.0 Å². The van der Waals surface area contributed by atoms with Gasteiger partial charge in [0.25, 0.3) is 0 Å². The van der Waals surface area contributed by atoms with Crippen LogP contribution in [0.4, 0.5) is 24.7 Å². The quantitative estimate of drug-likeness (QED) is 0.795. The van der Waals surface area contributed by atoms with Crippen molar-refractivity contribution in [3.05, 3.63) is 52.7 Å². The molecule has 1 saturated heterocycles. The molecule has 0 bridgehead atoms. The van der Waals surface area contributed by atoms with Crippen LogP contribution in [0.1, 0.15) is 17.5 Å². The Labute approximate surface area is 172 Å². The number of amides is 1. The van der Waals surface area contributed by atoms with Crippen molar-refractivity contribution in [2.24, 2.45) is 0 Å². The van der Waals surface area contributed by atoms with Crippen LogP contribution in [0.3, 0.4) is 0 Å². The molecule has 2 heterocycles. The van der Waals surface area contributed by atoms with Crippen LogP contribution in [-0.4, -0.2) is 48.5 Å². The molecule has 9 heteroatoms. The number of hydrogen-bond acceptors (Lipinski definition) is 4. The summed E-state index contributed by atoms with van der Waals surface area (Å²) in [6.45, 7) is 4.64. The predicted octanol–water partition coefficient (Wildman–Crippen LogP) is 4.21. The highest BCUT2D eigenvalue weighted by atomic mass is 35.5. The minimum absolute atomic E-state index is 0.0228. The van der Waals surface area contributed by atoms with Gasteiger partial charge < -0.3 is 10.2 Å². The number of rotatable bonds is 4. The summed E-state index contributed by atoms with van der Waals surface area (Å²) in [5, 5.41) is 2.85. The lowest BCUT2D eigenvalue weighted by Gasteiger charge is -2.23. The van der Waals surface area contributed by atoms with Crippen LogP contribution in [0.25, 0.3) is 0 Å². The van der Waals surface area contributed by atoms with Crippen molar-refractivity contribution in [3.63, 3.8) is 0 Å². The van der Waals surface area contributed by atoms with Gasteiger partial charge in [0.15, 0.2) is 0 Å². The van der Waals surface area contributed by atoms with Gasteiger partial charge in [-0.25, -0.2) is 4.98 Å². The molecule has 1 N–H and O–H groups in total. The first-order valence-corrected chi connectivity index (χ1v) is 9.67. The van der Waals surface area contributed by atoms with Gasteiger partial charge in [-0.2, -0.15) is 13.2 Å². The van der Waals surface area contributed by atoms with Crippen molar-refractivity contribution in [2.45, 2.75) is 19.5 Å². The molecule has 1 aliphatic heterocycles. The van der Waals surface area contributed by atoms with Crippen LogP contribution in [0.2, 0.25) is 5.02 Å². The third-order valence-corrected chi connectivity index (χ3v) is 5.02. The molecule has 0 atom stereocenters. The Hall–Kier alpha value is -2.32. The third-order valence-electron chi connectivity index (χ3n) is 4.74. The predicted molar refractivity (Wildman–Crippen MR) is 107 cm³/mol. The van der Waals surface area contributed by atoms with Gasteiger partial charge in [0.2, 0.25) is 5.91 Å². The summed E-state index contributed by atoms with van der Waals surface area (Å²) in [7, 11) is 0. The highest BCUT2D eigenvalue weighted by molar-refractivity contribution is 6.33. The average molecular weight is 427 g/mol. The minimum atomic E-state index is -4.48. The zero-order valence-electron chi connectivity index (χ0n) is 16.0. The topological polar surface area (TPSA) is 48.5 Å². The fourth-order valence-corrected chi connectivity index (χ4v) is 3.49. The van der Waals surface area contributed by atoms with E-state index in [1.165, 1.54) is 0 Å². The van der Waals surface area contributed by atoms with Crippen LogP contribution in [0, 0.1) is 6.92 Å². The highest BCUT2D eigenvalue weighted by Gasteiger charge is 2.32. The Kier molecular flexibility index (Phi) is 6.64. The molecule has 0 unspecified atom stereocenters. The Balaban J connectivity index is 1.57. The van der Waals surface area contributed by atoms with Crippen LogP contribution >= 0.6 is 11.6 Å². The standard InChI is InChI=1S/C20H22ClF3N4O/c1-14-3-5-16(6-4-14)26-18(29)13-27-7-2-8-28(10-9-27)19-17(21)11-15(12-25-19)20(22,23)24/h3-6,11-12H,2,7-10,13H2,1H3,(H,26,29). The number of nitrogens with one attached hydrogen (secondary N) is 1. The van der Waals surface area contributed by atoms with Crippen LogP contribution in [-0.2, 0) is 11.0 Å². The molecule has 29 heavy (non-hydrogen) atoms. The first-order valence-electron chi connectivity index (χ1n) is 9.29. The molecule has 1 aliphatic rings. The normalized spacial score (nSPS) is 15.8. The molecule has 0 radical (unpaired) electrons. The molecule has 2 aromatic rings. The molecule has 0 aliphatic carbocycles. The number of carbonyl (C=O) groups excluding carboxylic acids is 1. The maximum Gasteiger partial charge on any atom is 0.417 e. The second-order valence-corrected chi connectivity index (χ2v) is 7.47. The van der Waals surface area contributed by atoms with Gasteiger partial charge in [-0.15, -0.1) is 0 Å². The van der Waals surface area contributed by atoms with E-state index in [0.29, 0.717) is 32.0 Å². The monoisotopic (exact) mass is 426 g/mol. The van der Waals surface area contributed by atoms with Gasteiger partial charge in [-0.3, -0.25) is 9.69 Å². The number of halogens is 4. The van der Waals surface area contributed by atoms with Crippen molar-refractivity contribution in [2.75, 3.05) is 42.9 Å². The van der Waals surface area contributed by atoms with E-state index in [1.54, 1.807) is 0 Å². The Bertz CT molecular complexity index is 858. The third kappa shape index (κ3) is 5.83. The van der Waals surface area contributed by atoms with E-state index in [0.717, 1.165) is 29.9 Å².